The van der Waals surface area contributed by atoms with Gasteiger partial charge >= 0.3 is 6.03 Å². The fourth-order valence-corrected chi connectivity index (χ4v) is 2.10. The van der Waals surface area contributed by atoms with E-state index < -0.39 is 5.60 Å². The van der Waals surface area contributed by atoms with Crippen LogP contribution >= 0.6 is 0 Å². The summed E-state index contributed by atoms with van der Waals surface area (Å²) in [5.74, 6) is 1.08. The molecule has 5 heteroatoms. The van der Waals surface area contributed by atoms with Crippen LogP contribution in [0.15, 0.2) is 24.3 Å². The molecule has 0 heterocycles. The predicted octanol–water partition coefficient (Wildman–Crippen LogP) is 3.10. The quantitative estimate of drug-likeness (QED) is 0.722. The lowest BCUT2D eigenvalue weighted by atomic mass is 9.92. The highest BCUT2D eigenvalue weighted by Gasteiger charge is 2.26. The molecule has 1 aromatic rings. The van der Waals surface area contributed by atoms with Gasteiger partial charge in [0.25, 0.3) is 0 Å². The van der Waals surface area contributed by atoms with Crippen LogP contribution in [0, 0.1) is 11.8 Å². The Morgan fingerprint density at radius 3 is 2.22 bits per heavy atom. The number of carbonyl (C=O) groups is 1. The first-order valence-corrected chi connectivity index (χ1v) is 8.08. The van der Waals surface area contributed by atoms with E-state index in [1.807, 2.05) is 38.1 Å². The number of methoxy groups -OCH3 is 1. The number of aliphatic hydroxyl groups is 1. The van der Waals surface area contributed by atoms with Crippen molar-refractivity contribution >= 4 is 6.03 Å². The smallest absolute Gasteiger partial charge is 0.315 e. The van der Waals surface area contributed by atoms with Crippen LogP contribution in [0.1, 0.15) is 46.2 Å². The third-order valence-electron chi connectivity index (χ3n) is 4.28. The molecule has 0 saturated heterocycles. The Morgan fingerprint density at radius 2 is 1.78 bits per heavy atom. The molecule has 0 bridgehead atoms. The minimum Gasteiger partial charge on any atom is -0.497 e. The maximum atomic E-state index is 12.2. The number of carbonyl (C=O) groups excluding carboxylic acids is 1. The minimum atomic E-state index is -0.926. The second kappa shape index (κ2) is 8.20. The lowest BCUT2D eigenvalue weighted by Crippen LogP contribution is -2.48. The molecule has 23 heavy (non-hydrogen) atoms. The summed E-state index contributed by atoms with van der Waals surface area (Å²) >= 11 is 0. The first kappa shape index (κ1) is 19.3. The third kappa shape index (κ3) is 5.75. The van der Waals surface area contributed by atoms with Gasteiger partial charge in [-0.15, -0.1) is 0 Å². The summed E-state index contributed by atoms with van der Waals surface area (Å²) in [6, 6.07) is 7.29. The van der Waals surface area contributed by atoms with Crippen LogP contribution in [-0.4, -0.2) is 30.4 Å². The van der Waals surface area contributed by atoms with Crippen molar-refractivity contribution in [3.63, 3.8) is 0 Å². The molecule has 1 rings (SSSR count). The van der Waals surface area contributed by atoms with Gasteiger partial charge in [0.05, 0.1) is 18.8 Å². The number of urea groups is 1. The van der Waals surface area contributed by atoms with Gasteiger partial charge < -0.3 is 20.5 Å². The van der Waals surface area contributed by atoms with Gasteiger partial charge in [-0.25, -0.2) is 4.79 Å². The summed E-state index contributed by atoms with van der Waals surface area (Å²) in [6.45, 7) is 9.89. The summed E-state index contributed by atoms with van der Waals surface area (Å²) in [4.78, 5) is 12.2. The maximum Gasteiger partial charge on any atom is 0.315 e. The highest BCUT2D eigenvalue weighted by atomic mass is 16.5. The molecule has 0 spiro atoms. The fraction of sp³-hybridized carbons (Fsp3) is 0.611. The van der Waals surface area contributed by atoms with Gasteiger partial charge in [0.2, 0.25) is 0 Å². The second-order valence-corrected chi connectivity index (χ2v) is 6.83. The molecule has 0 saturated carbocycles. The first-order chi connectivity index (χ1) is 10.7. The number of benzene rings is 1. The molecule has 0 aliphatic rings. The monoisotopic (exact) mass is 322 g/mol. The molecule has 1 aromatic carbocycles. The van der Waals surface area contributed by atoms with Gasteiger partial charge in [0, 0.05) is 6.54 Å². The highest BCUT2D eigenvalue weighted by molar-refractivity contribution is 5.74. The van der Waals surface area contributed by atoms with Crippen molar-refractivity contribution in [3.05, 3.63) is 29.8 Å². The zero-order chi connectivity index (χ0) is 17.6. The van der Waals surface area contributed by atoms with Gasteiger partial charge in [0.15, 0.2) is 0 Å². The van der Waals surface area contributed by atoms with Crippen LogP contribution < -0.4 is 15.4 Å². The summed E-state index contributed by atoms with van der Waals surface area (Å²) < 4.78 is 5.16. The molecule has 2 amide bonds. The molecule has 0 aliphatic heterocycles. The van der Waals surface area contributed by atoms with Crippen LogP contribution in [0.25, 0.3) is 0 Å². The highest BCUT2D eigenvalue weighted by Crippen LogP contribution is 2.24. The van der Waals surface area contributed by atoms with Crippen molar-refractivity contribution in [1.82, 2.24) is 10.6 Å². The molecule has 0 fully saturated rings. The Morgan fingerprint density at radius 1 is 1.22 bits per heavy atom. The Balaban J connectivity index is 2.70. The fourth-order valence-electron chi connectivity index (χ4n) is 2.10. The van der Waals surface area contributed by atoms with E-state index in [0.29, 0.717) is 0 Å². The van der Waals surface area contributed by atoms with Crippen LogP contribution in [0.4, 0.5) is 4.79 Å². The van der Waals surface area contributed by atoms with E-state index in [9.17, 15) is 9.90 Å². The first-order valence-electron chi connectivity index (χ1n) is 8.08. The molecule has 5 nitrogen and oxygen atoms in total. The summed E-state index contributed by atoms with van der Waals surface area (Å²) in [6.07, 6.45) is 0. The van der Waals surface area contributed by atoms with E-state index in [0.717, 1.165) is 11.3 Å². The zero-order valence-corrected chi connectivity index (χ0v) is 15.0. The summed E-state index contributed by atoms with van der Waals surface area (Å²) in [5.41, 5.74) is 0.0942. The number of hydrogen-bond acceptors (Lipinski definition) is 3. The molecular formula is C18H30N2O3. The number of nitrogens with one attached hydrogen (secondary N) is 2. The summed E-state index contributed by atoms with van der Waals surface area (Å²) in [7, 11) is 1.63. The number of hydrogen-bond donors (Lipinski definition) is 3. The molecule has 130 valence electrons. The lowest BCUT2D eigenvalue weighted by molar-refractivity contribution is 0.0165. The predicted molar refractivity (Wildman–Crippen MR) is 92.6 cm³/mol. The SMILES string of the molecule is COc1ccc(C(NC(=O)NCC(C)(O)C(C)C)C(C)C)cc1. The van der Waals surface area contributed by atoms with Gasteiger partial charge in [0.1, 0.15) is 5.75 Å². The molecular weight excluding hydrogens is 292 g/mol. The summed E-state index contributed by atoms with van der Waals surface area (Å²) in [5, 5.41) is 15.9. The standard InChI is InChI=1S/C18H30N2O3/c1-12(2)16(14-7-9-15(23-6)10-8-14)20-17(21)19-11-18(5,22)13(3)4/h7-10,12-13,16,22H,11H2,1-6H3,(H2,19,20,21). The topological polar surface area (TPSA) is 70.6 Å². The van der Waals surface area contributed by atoms with Crippen molar-refractivity contribution in [3.8, 4) is 5.75 Å². The molecule has 2 atom stereocenters. The van der Waals surface area contributed by atoms with Crippen molar-refractivity contribution < 1.29 is 14.6 Å². The van der Waals surface area contributed by atoms with Crippen LogP contribution in [0.5, 0.6) is 5.75 Å². The Bertz CT molecular complexity index is 495. The van der Waals surface area contributed by atoms with E-state index in [-0.39, 0.29) is 30.5 Å². The van der Waals surface area contributed by atoms with E-state index in [1.165, 1.54) is 0 Å². The largest absolute Gasteiger partial charge is 0.497 e. The maximum absolute atomic E-state index is 12.2. The minimum absolute atomic E-state index is 0.0604. The Labute approximate surface area is 139 Å². The van der Waals surface area contributed by atoms with Gasteiger partial charge in [-0.2, -0.15) is 0 Å². The molecule has 0 aromatic heterocycles. The van der Waals surface area contributed by atoms with Crippen molar-refractivity contribution in [2.45, 2.75) is 46.3 Å². The number of amides is 2. The average Bonchev–Trinajstić information content (AvgIpc) is 2.50. The van der Waals surface area contributed by atoms with Gasteiger partial charge in [-0.05, 0) is 36.5 Å². The number of rotatable bonds is 7. The van der Waals surface area contributed by atoms with Gasteiger partial charge in [-0.1, -0.05) is 39.8 Å². The number of ether oxygens (including phenoxy) is 1. The van der Waals surface area contributed by atoms with E-state index in [1.54, 1.807) is 14.0 Å². The van der Waals surface area contributed by atoms with Crippen LogP contribution in [0.3, 0.4) is 0 Å². The van der Waals surface area contributed by atoms with Gasteiger partial charge in [-0.3, -0.25) is 0 Å². The van der Waals surface area contributed by atoms with E-state index in [4.69, 9.17) is 4.74 Å². The normalized spacial score (nSPS) is 15.2. The molecule has 2 unspecified atom stereocenters. The van der Waals surface area contributed by atoms with Crippen LogP contribution in [-0.2, 0) is 0 Å². The third-order valence-corrected chi connectivity index (χ3v) is 4.28. The zero-order valence-electron chi connectivity index (χ0n) is 15.0. The second-order valence-electron chi connectivity index (χ2n) is 6.83. The van der Waals surface area contributed by atoms with E-state index >= 15 is 0 Å². The average molecular weight is 322 g/mol. The van der Waals surface area contributed by atoms with Crippen molar-refractivity contribution in [2.75, 3.05) is 13.7 Å². The van der Waals surface area contributed by atoms with Crippen molar-refractivity contribution in [2.24, 2.45) is 11.8 Å². The van der Waals surface area contributed by atoms with Crippen molar-refractivity contribution in [1.29, 1.82) is 0 Å². The Kier molecular flexibility index (Phi) is 6.88. The van der Waals surface area contributed by atoms with E-state index in [2.05, 4.69) is 24.5 Å². The van der Waals surface area contributed by atoms with Crippen LogP contribution in [0.2, 0.25) is 0 Å². The Hall–Kier alpha value is -1.75. The molecule has 0 aliphatic carbocycles. The lowest BCUT2D eigenvalue weighted by Gasteiger charge is -2.29. The molecule has 3 N–H and O–H groups in total. The molecule has 0 radical (unpaired) electrons.